The molecular formula is C15H26N6O2. The Hall–Kier alpha value is -1.99. The third kappa shape index (κ3) is 3.68. The smallest absolute Gasteiger partial charge is 0.247 e. The van der Waals surface area contributed by atoms with Crippen molar-refractivity contribution in [1.29, 1.82) is 0 Å². The molecule has 2 unspecified atom stereocenters. The third-order valence-corrected chi connectivity index (χ3v) is 4.24. The number of nitrogens with zero attached hydrogens (tertiary/aromatic N) is 5. The topological polar surface area (TPSA) is 93.0 Å². The highest BCUT2D eigenvalue weighted by molar-refractivity contribution is 5.82. The molecule has 1 aromatic heterocycles. The number of tetrazole rings is 1. The lowest BCUT2D eigenvalue weighted by Crippen LogP contribution is -2.47. The lowest BCUT2D eigenvalue weighted by Gasteiger charge is -2.33. The van der Waals surface area contributed by atoms with Gasteiger partial charge in [0.1, 0.15) is 6.04 Å². The van der Waals surface area contributed by atoms with Crippen molar-refractivity contribution < 1.29 is 9.59 Å². The average molecular weight is 322 g/mol. The van der Waals surface area contributed by atoms with Crippen LogP contribution < -0.4 is 5.32 Å². The molecule has 0 saturated carbocycles. The van der Waals surface area contributed by atoms with Gasteiger partial charge in [0.05, 0.1) is 5.92 Å². The van der Waals surface area contributed by atoms with Gasteiger partial charge in [-0.15, -0.1) is 5.10 Å². The van der Waals surface area contributed by atoms with Crippen LogP contribution in [0.2, 0.25) is 0 Å². The SMILES string of the molecule is CNC(=O)C1CCCN(C(=O)C(C)n2nnnc2C(C)(C)C)C1. The third-order valence-electron chi connectivity index (χ3n) is 4.24. The predicted molar refractivity (Wildman–Crippen MR) is 84.6 cm³/mol. The molecule has 1 aromatic rings. The van der Waals surface area contributed by atoms with Crippen molar-refractivity contribution in [3.8, 4) is 0 Å². The summed E-state index contributed by atoms with van der Waals surface area (Å²) in [5, 5.41) is 14.4. The van der Waals surface area contributed by atoms with Gasteiger partial charge in [0.15, 0.2) is 5.82 Å². The van der Waals surface area contributed by atoms with Crippen molar-refractivity contribution in [2.45, 2.75) is 52.0 Å². The van der Waals surface area contributed by atoms with E-state index in [2.05, 4.69) is 20.8 Å². The van der Waals surface area contributed by atoms with Gasteiger partial charge in [-0.3, -0.25) is 9.59 Å². The second-order valence-corrected chi connectivity index (χ2v) is 7.11. The Morgan fingerprint density at radius 1 is 1.35 bits per heavy atom. The molecule has 2 rings (SSSR count). The Kier molecular flexibility index (Phi) is 5.01. The van der Waals surface area contributed by atoms with Gasteiger partial charge in [-0.25, -0.2) is 4.68 Å². The highest BCUT2D eigenvalue weighted by atomic mass is 16.2. The van der Waals surface area contributed by atoms with E-state index < -0.39 is 6.04 Å². The summed E-state index contributed by atoms with van der Waals surface area (Å²) in [6.07, 6.45) is 1.65. The van der Waals surface area contributed by atoms with Crippen LogP contribution in [0, 0.1) is 5.92 Å². The molecule has 1 aliphatic heterocycles. The Bertz CT molecular complexity index is 577. The number of nitrogens with one attached hydrogen (secondary N) is 1. The highest BCUT2D eigenvalue weighted by Gasteiger charge is 2.33. The average Bonchev–Trinajstić information content (AvgIpc) is 3.02. The minimum Gasteiger partial charge on any atom is -0.359 e. The van der Waals surface area contributed by atoms with E-state index in [1.54, 1.807) is 23.6 Å². The van der Waals surface area contributed by atoms with Crippen molar-refractivity contribution in [3.63, 3.8) is 0 Å². The lowest BCUT2D eigenvalue weighted by atomic mass is 9.95. The number of hydrogen-bond donors (Lipinski definition) is 1. The second kappa shape index (κ2) is 6.64. The molecule has 0 radical (unpaired) electrons. The van der Waals surface area contributed by atoms with Gasteiger partial charge in [-0.2, -0.15) is 0 Å². The maximum Gasteiger partial charge on any atom is 0.247 e. The van der Waals surface area contributed by atoms with E-state index in [-0.39, 0.29) is 23.1 Å². The first-order valence-electron chi connectivity index (χ1n) is 8.04. The first kappa shape index (κ1) is 17.4. The zero-order valence-electron chi connectivity index (χ0n) is 14.5. The van der Waals surface area contributed by atoms with E-state index in [1.165, 1.54) is 0 Å². The first-order valence-corrected chi connectivity index (χ1v) is 8.04. The number of piperidine rings is 1. The predicted octanol–water partition coefficient (Wildman–Crippen LogP) is 0.516. The molecule has 23 heavy (non-hydrogen) atoms. The number of aromatic nitrogens is 4. The van der Waals surface area contributed by atoms with E-state index in [9.17, 15) is 9.59 Å². The molecule has 8 nitrogen and oxygen atoms in total. The monoisotopic (exact) mass is 322 g/mol. The molecule has 0 aliphatic carbocycles. The molecule has 0 aromatic carbocycles. The number of likely N-dealkylation sites (tertiary alicyclic amines) is 1. The summed E-state index contributed by atoms with van der Waals surface area (Å²) in [5.74, 6) is 0.489. The van der Waals surface area contributed by atoms with Crippen molar-refractivity contribution in [3.05, 3.63) is 5.82 Å². The van der Waals surface area contributed by atoms with E-state index in [1.807, 2.05) is 20.8 Å². The van der Waals surface area contributed by atoms with Crippen molar-refractivity contribution in [2.75, 3.05) is 20.1 Å². The molecule has 1 aliphatic rings. The quantitative estimate of drug-likeness (QED) is 0.875. The Balaban J connectivity index is 2.14. The van der Waals surface area contributed by atoms with Gasteiger partial charge < -0.3 is 10.2 Å². The van der Waals surface area contributed by atoms with Crippen molar-refractivity contribution >= 4 is 11.8 Å². The van der Waals surface area contributed by atoms with Crippen LogP contribution in [0.1, 0.15) is 52.4 Å². The van der Waals surface area contributed by atoms with E-state index >= 15 is 0 Å². The minimum absolute atomic E-state index is 0.00652. The van der Waals surface area contributed by atoms with Crippen molar-refractivity contribution in [1.82, 2.24) is 30.4 Å². The molecular weight excluding hydrogens is 296 g/mol. The van der Waals surface area contributed by atoms with Crippen LogP contribution in [-0.4, -0.2) is 57.1 Å². The summed E-state index contributed by atoms with van der Waals surface area (Å²) >= 11 is 0. The Labute approximate surface area is 136 Å². The van der Waals surface area contributed by atoms with E-state index in [4.69, 9.17) is 0 Å². The Morgan fingerprint density at radius 3 is 2.65 bits per heavy atom. The molecule has 1 saturated heterocycles. The highest BCUT2D eigenvalue weighted by Crippen LogP contribution is 2.24. The van der Waals surface area contributed by atoms with Crippen LogP contribution in [0.5, 0.6) is 0 Å². The summed E-state index contributed by atoms with van der Waals surface area (Å²) in [7, 11) is 1.63. The van der Waals surface area contributed by atoms with Gasteiger partial charge in [0.2, 0.25) is 11.8 Å². The van der Waals surface area contributed by atoms with Crippen LogP contribution in [0.3, 0.4) is 0 Å². The summed E-state index contributed by atoms with van der Waals surface area (Å²) < 4.78 is 1.59. The summed E-state index contributed by atoms with van der Waals surface area (Å²) in [5.41, 5.74) is -0.245. The number of amides is 2. The lowest BCUT2D eigenvalue weighted by molar-refractivity contribution is -0.138. The van der Waals surface area contributed by atoms with Crippen molar-refractivity contribution in [2.24, 2.45) is 5.92 Å². The van der Waals surface area contributed by atoms with Gasteiger partial charge in [0, 0.05) is 25.6 Å². The molecule has 8 heteroatoms. The number of carbonyl (C=O) groups excluding carboxylic acids is 2. The molecule has 2 atom stereocenters. The fourth-order valence-electron chi connectivity index (χ4n) is 2.91. The van der Waals surface area contributed by atoms with Crippen LogP contribution >= 0.6 is 0 Å². The van der Waals surface area contributed by atoms with Crippen LogP contribution in [0.4, 0.5) is 0 Å². The maximum absolute atomic E-state index is 12.8. The minimum atomic E-state index is -0.484. The molecule has 0 bridgehead atoms. The van der Waals surface area contributed by atoms with Gasteiger partial charge >= 0.3 is 0 Å². The van der Waals surface area contributed by atoms with Gasteiger partial charge in [-0.1, -0.05) is 20.8 Å². The second-order valence-electron chi connectivity index (χ2n) is 7.11. The number of carbonyl (C=O) groups is 2. The summed E-state index contributed by atoms with van der Waals surface area (Å²) in [6, 6.07) is -0.484. The zero-order valence-corrected chi connectivity index (χ0v) is 14.5. The summed E-state index contributed by atoms with van der Waals surface area (Å²) in [6.45, 7) is 8.95. The van der Waals surface area contributed by atoms with Crippen LogP contribution in [0.25, 0.3) is 0 Å². The molecule has 2 amide bonds. The largest absolute Gasteiger partial charge is 0.359 e. The molecule has 1 fully saturated rings. The summed E-state index contributed by atoms with van der Waals surface area (Å²) in [4.78, 5) is 26.4. The van der Waals surface area contributed by atoms with Crippen LogP contribution in [0.15, 0.2) is 0 Å². The fraction of sp³-hybridized carbons (Fsp3) is 0.800. The first-order chi connectivity index (χ1) is 10.8. The van der Waals surface area contributed by atoms with E-state index in [0.29, 0.717) is 18.9 Å². The fourth-order valence-corrected chi connectivity index (χ4v) is 2.91. The van der Waals surface area contributed by atoms with E-state index in [0.717, 1.165) is 12.8 Å². The molecule has 128 valence electrons. The van der Waals surface area contributed by atoms with Gasteiger partial charge in [-0.05, 0) is 30.2 Å². The number of rotatable bonds is 3. The maximum atomic E-state index is 12.8. The molecule has 0 spiro atoms. The standard InChI is InChI=1S/C15H26N6O2/c1-10(21-14(15(2,3)4)17-18-19-21)13(23)20-8-6-7-11(9-20)12(22)16-5/h10-11H,6-9H2,1-5H3,(H,16,22). The molecule has 1 N–H and O–H groups in total. The Morgan fingerprint density at radius 2 is 2.04 bits per heavy atom. The molecule has 2 heterocycles. The number of hydrogen-bond acceptors (Lipinski definition) is 5. The van der Waals surface area contributed by atoms with Gasteiger partial charge in [0.25, 0.3) is 0 Å². The van der Waals surface area contributed by atoms with Crippen LogP contribution in [-0.2, 0) is 15.0 Å². The zero-order chi connectivity index (χ0) is 17.2. The normalized spacial score (nSPS) is 20.2.